The first-order valence-electron chi connectivity index (χ1n) is 4.08. The molecule has 1 aliphatic heterocycles. The number of allylic oxidation sites excluding steroid dienone is 1. The van der Waals surface area contributed by atoms with Crippen LogP contribution >= 0.6 is 0 Å². The highest BCUT2D eigenvalue weighted by atomic mass is 16.5. The van der Waals surface area contributed by atoms with Gasteiger partial charge >= 0.3 is 0 Å². The summed E-state index contributed by atoms with van der Waals surface area (Å²) in [4.78, 5) is 0. The Labute approximate surface area is 71.9 Å². The minimum absolute atomic E-state index is 0.129. The molecule has 0 aliphatic carbocycles. The summed E-state index contributed by atoms with van der Waals surface area (Å²) >= 11 is 0. The molecule has 0 amide bonds. The first kappa shape index (κ1) is 8.77. The van der Waals surface area contributed by atoms with Crippen LogP contribution in [0.4, 0.5) is 0 Å². The highest BCUT2D eigenvalue weighted by molar-refractivity contribution is 5.16. The molecule has 0 aromatic heterocycles. The van der Waals surface area contributed by atoms with E-state index in [-0.39, 0.29) is 5.76 Å². The Bertz CT molecular complexity index is 199. The molecular formula is C8H14N2O2. The summed E-state index contributed by atoms with van der Waals surface area (Å²) in [6.45, 7) is 2.71. The van der Waals surface area contributed by atoms with Crippen LogP contribution < -0.4 is 10.9 Å². The van der Waals surface area contributed by atoms with Crippen LogP contribution in [0.3, 0.4) is 0 Å². The molecule has 1 heterocycles. The molecule has 0 bridgehead atoms. The second-order valence-corrected chi connectivity index (χ2v) is 2.52. The minimum Gasteiger partial charge on any atom is -0.503 e. The van der Waals surface area contributed by atoms with Gasteiger partial charge in [0, 0.05) is 12.3 Å². The maximum Gasteiger partial charge on any atom is 0.249 e. The Morgan fingerprint density at radius 2 is 2.42 bits per heavy atom. The van der Waals surface area contributed by atoms with Crippen molar-refractivity contribution in [3.63, 3.8) is 0 Å². The number of hydrogen-bond donors (Lipinski definition) is 3. The zero-order chi connectivity index (χ0) is 8.81. The van der Waals surface area contributed by atoms with Crippen molar-refractivity contribution in [3.8, 4) is 0 Å². The number of aliphatic hydroxyl groups is 1. The van der Waals surface area contributed by atoms with Gasteiger partial charge < -0.3 is 15.3 Å². The molecule has 0 saturated heterocycles. The summed E-state index contributed by atoms with van der Waals surface area (Å²) in [7, 11) is 0. The van der Waals surface area contributed by atoms with E-state index in [4.69, 9.17) is 4.74 Å². The Balaban J connectivity index is 2.34. The van der Waals surface area contributed by atoms with Crippen molar-refractivity contribution in [1.29, 1.82) is 0 Å². The van der Waals surface area contributed by atoms with E-state index in [0.29, 0.717) is 12.5 Å². The first-order chi connectivity index (χ1) is 5.84. The van der Waals surface area contributed by atoms with Gasteiger partial charge in [-0.15, -0.1) is 0 Å². The molecule has 12 heavy (non-hydrogen) atoms. The molecule has 0 fully saturated rings. The minimum atomic E-state index is 0.129. The highest BCUT2D eigenvalue weighted by Crippen LogP contribution is 2.04. The third kappa shape index (κ3) is 2.38. The van der Waals surface area contributed by atoms with Gasteiger partial charge in [0.25, 0.3) is 0 Å². The lowest BCUT2D eigenvalue weighted by molar-refractivity contribution is 0.161. The molecule has 4 nitrogen and oxygen atoms in total. The highest BCUT2D eigenvalue weighted by Gasteiger charge is 2.06. The maximum atomic E-state index is 9.23. The summed E-state index contributed by atoms with van der Waals surface area (Å²) in [5.74, 6) is 0.524. The van der Waals surface area contributed by atoms with Gasteiger partial charge in [-0.1, -0.05) is 13.3 Å². The van der Waals surface area contributed by atoms with Gasteiger partial charge in [0.05, 0.1) is 6.61 Å². The van der Waals surface area contributed by atoms with Gasteiger partial charge in [-0.3, -0.25) is 5.43 Å². The van der Waals surface area contributed by atoms with Crippen LogP contribution in [0.2, 0.25) is 0 Å². The number of aliphatic hydroxyl groups excluding tert-OH is 1. The lowest BCUT2D eigenvalue weighted by atomic mass is 10.4. The average Bonchev–Trinajstić information content (AvgIpc) is 2.09. The summed E-state index contributed by atoms with van der Waals surface area (Å²) in [5.41, 5.74) is 5.42. The molecule has 0 saturated carbocycles. The van der Waals surface area contributed by atoms with Crippen LogP contribution in [-0.2, 0) is 4.74 Å². The fourth-order valence-electron chi connectivity index (χ4n) is 0.796. The van der Waals surface area contributed by atoms with E-state index >= 15 is 0 Å². The van der Waals surface area contributed by atoms with E-state index in [1.807, 2.05) is 0 Å². The smallest absolute Gasteiger partial charge is 0.249 e. The Morgan fingerprint density at radius 1 is 1.58 bits per heavy atom. The molecule has 0 aromatic rings. The van der Waals surface area contributed by atoms with Gasteiger partial charge in [0.1, 0.15) is 0 Å². The van der Waals surface area contributed by atoms with Gasteiger partial charge in [-0.2, -0.15) is 0 Å². The van der Waals surface area contributed by atoms with Gasteiger partial charge in [0.2, 0.25) is 5.88 Å². The number of nitrogens with one attached hydrogen (secondary N) is 2. The zero-order valence-electron chi connectivity index (χ0n) is 7.13. The molecule has 0 aromatic carbocycles. The van der Waals surface area contributed by atoms with Crippen LogP contribution in [0.5, 0.6) is 0 Å². The Morgan fingerprint density at radius 3 is 3.08 bits per heavy atom. The molecule has 0 atom stereocenters. The molecule has 1 aliphatic rings. The second kappa shape index (κ2) is 4.54. The fraction of sp³-hybridized carbons (Fsp3) is 0.500. The number of hydrogen-bond acceptors (Lipinski definition) is 4. The van der Waals surface area contributed by atoms with Crippen molar-refractivity contribution >= 4 is 0 Å². The largest absolute Gasteiger partial charge is 0.503 e. The molecule has 1 rings (SSSR count). The molecule has 68 valence electrons. The quantitative estimate of drug-likeness (QED) is 0.554. The number of ether oxygens (including phenoxy) is 1. The normalized spacial score (nSPS) is 15.4. The monoisotopic (exact) mass is 170 g/mol. The summed E-state index contributed by atoms with van der Waals surface area (Å²) in [5, 5.41) is 9.23. The zero-order valence-corrected chi connectivity index (χ0v) is 7.13. The SMILES string of the molecule is CCCCOC1=C(O)C=CNN1. The van der Waals surface area contributed by atoms with Crippen LogP contribution in [0, 0.1) is 0 Å². The van der Waals surface area contributed by atoms with Crippen LogP contribution in [-0.4, -0.2) is 11.7 Å². The lowest BCUT2D eigenvalue weighted by Gasteiger charge is -2.15. The van der Waals surface area contributed by atoms with Gasteiger partial charge in [0.15, 0.2) is 5.76 Å². The predicted molar refractivity (Wildman–Crippen MR) is 45.9 cm³/mol. The van der Waals surface area contributed by atoms with E-state index in [1.54, 1.807) is 6.20 Å². The van der Waals surface area contributed by atoms with Crippen molar-refractivity contribution < 1.29 is 9.84 Å². The summed E-state index contributed by atoms with van der Waals surface area (Å²) in [6, 6.07) is 0. The molecule has 0 unspecified atom stereocenters. The lowest BCUT2D eigenvalue weighted by Crippen LogP contribution is -2.31. The standard InChI is InChI=1S/C8H14N2O2/c1-2-3-6-12-8-7(11)4-5-9-10-8/h4-5,9-11H,2-3,6H2,1H3. The second-order valence-electron chi connectivity index (χ2n) is 2.52. The topological polar surface area (TPSA) is 53.5 Å². The predicted octanol–water partition coefficient (Wildman–Crippen LogP) is 1.15. The number of hydrazine groups is 1. The third-order valence-corrected chi connectivity index (χ3v) is 1.49. The van der Waals surface area contributed by atoms with Crippen LogP contribution in [0.25, 0.3) is 0 Å². The van der Waals surface area contributed by atoms with Gasteiger partial charge in [-0.25, -0.2) is 0 Å². The van der Waals surface area contributed by atoms with E-state index in [2.05, 4.69) is 17.8 Å². The van der Waals surface area contributed by atoms with Crippen LogP contribution in [0.1, 0.15) is 19.8 Å². The van der Waals surface area contributed by atoms with E-state index in [9.17, 15) is 5.11 Å². The fourth-order valence-corrected chi connectivity index (χ4v) is 0.796. The third-order valence-electron chi connectivity index (χ3n) is 1.49. The van der Waals surface area contributed by atoms with Gasteiger partial charge in [-0.05, 0) is 6.42 Å². The summed E-state index contributed by atoms with van der Waals surface area (Å²) < 4.78 is 5.24. The summed E-state index contributed by atoms with van der Waals surface area (Å²) in [6.07, 6.45) is 5.21. The average molecular weight is 170 g/mol. The van der Waals surface area contributed by atoms with Crippen molar-refractivity contribution in [3.05, 3.63) is 23.9 Å². The Hall–Kier alpha value is -1.32. The molecular weight excluding hydrogens is 156 g/mol. The van der Waals surface area contributed by atoms with Crippen LogP contribution in [0.15, 0.2) is 23.9 Å². The Kier molecular flexibility index (Phi) is 3.32. The number of unbranched alkanes of at least 4 members (excludes halogenated alkanes) is 1. The number of rotatable bonds is 4. The molecule has 0 radical (unpaired) electrons. The molecule has 3 N–H and O–H groups in total. The first-order valence-corrected chi connectivity index (χ1v) is 4.08. The molecule has 0 spiro atoms. The van der Waals surface area contributed by atoms with E-state index in [0.717, 1.165) is 12.8 Å². The maximum absolute atomic E-state index is 9.23. The van der Waals surface area contributed by atoms with E-state index < -0.39 is 0 Å². The van der Waals surface area contributed by atoms with Crippen molar-refractivity contribution in [2.75, 3.05) is 6.61 Å². The van der Waals surface area contributed by atoms with Crippen molar-refractivity contribution in [1.82, 2.24) is 10.9 Å². The van der Waals surface area contributed by atoms with E-state index in [1.165, 1.54) is 6.08 Å². The van der Waals surface area contributed by atoms with Crippen molar-refractivity contribution in [2.45, 2.75) is 19.8 Å². The van der Waals surface area contributed by atoms with Crippen molar-refractivity contribution in [2.24, 2.45) is 0 Å². The molecule has 4 heteroatoms.